The van der Waals surface area contributed by atoms with Gasteiger partial charge in [-0.25, -0.2) is 14.0 Å². The molecule has 0 saturated carbocycles. The molecule has 2 aromatic carbocycles. The monoisotopic (exact) mass is 433 g/mol. The first-order chi connectivity index (χ1) is 12.8. The molecule has 0 spiro atoms. The highest BCUT2D eigenvalue weighted by Gasteiger charge is 2.15. The lowest BCUT2D eigenvalue weighted by molar-refractivity contribution is -0.114. The fourth-order valence-corrected chi connectivity index (χ4v) is 2.87. The number of carbonyl (C=O) groups excluding carboxylic acids is 2. The lowest BCUT2D eigenvalue weighted by Gasteiger charge is -2.09. The first-order valence-corrected chi connectivity index (χ1v) is 8.59. The molecule has 3 rings (SSSR count). The largest absolute Gasteiger partial charge is 0.457 e. The van der Waals surface area contributed by atoms with Crippen LogP contribution in [-0.4, -0.2) is 11.9 Å². The van der Waals surface area contributed by atoms with Crippen LogP contribution in [0.5, 0.6) is 0 Å². The van der Waals surface area contributed by atoms with E-state index < -0.39 is 17.4 Å². The number of esters is 1. The zero-order valence-corrected chi connectivity index (χ0v) is 15.6. The fourth-order valence-electron chi connectivity index (χ4n) is 2.51. The number of anilines is 1. The SMILES string of the molecule is CC(=O)Nc1ccc2c(COC(=O)c3cc(Br)ccc3F)cc(=O)oc2c1. The molecular weight excluding hydrogens is 421 g/mol. The molecule has 0 fully saturated rings. The zero-order chi connectivity index (χ0) is 19.6. The van der Waals surface area contributed by atoms with E-state index in [2.05, 4.69) is 21.2 Å². The topological polar surface area (TPSA) is 85.6 Å². The maximum absolute atomic E-state index is 13.8. The van der Waals surface area contributed by atoms with Gasteiger partial charge in [-0.1, -0.05) is 15.9 Å². The molecule has 0 aliphatic rings. The number of hydrogen-bond acceptors (Lipinski definition) is 5. The molecule has 6 nitrogen and oxygen atoms in total. The molecule has 8 heteroatoms. The molecule has 1 heterocycles. The van der Waals surface area contributed by atoms with Crippen LogP contribution in [0.15, 0.2) is 56.1 Å². The summed E-state index contributed by atoms with van der Waals surface area (Å²) < 4.78 is 24.6. The average molecular weight is 434 g/mol. The first-order valence-electron chi connectivity index (χ1n) is 7.80. The summed E-state index contributed by atoms with van der Waals surface area (Å²) in [5.41, 5.74) is 0.239. The van der Waals surface area contributed by atoms with Crippen LogP contribution in [-0.2, 0) is 16.1 Å². The van der Waals surface area contributed by atoms with Crippen LogP contribution in [0.2, 0.25) is 0 Å². The summed E-state index contributed by atoms with van der Waals surface area (Å²) in [5.74, 6) is -1.83. The van der Waals surface area contributed by atoms with Crippen molar-refractivity contribution < 1.29 is 23.1 Å². The van der Waals surface area contributed by atoms with Crippen LogP contribution in [0.4, 0.5) is 10.1 Å². The summed E-state index contributed by atoms with van der Waals surface area (Å²) in [7, 11) is 0. The Labute approximate surface area is 161 Å². The van der Waals surface area contributed by atoms with Gasteiger partial charge in [0.05, 0.1) is 5.56 Å². The van der Waals surface area contributed by atoms with Crippen molar-refractivity contribution in [3.8, 4) is 0 Å². The molecule has 0 bridgehead atoms. The second-order valence-corrected chi connectivity index (χ2v) is 6.60. The minimum Gasteiger partial charge on any atom is -0.457 e. The van der Waals surface area contributed by atoms with Crippen LogP contribution in [0.3, 0.4) is 0 Å². The highest BCUT2D eigenvalue weighted by Crippen LogP contribution is 2.23. The van der Waals surface area contributed by atoms with Gasteiger partial charge in [0.2, 0.25) is 5.91 Å². The third-order valence-electron chi connectivity index (χ3n) is 3.66. The first kappa shape index (κ1) is 18.8. The quantitative estimate of drug-likeness (QED) is 0.496. The molecule has 1 N–H and O–H groups in total. The Morgan fingerprint density at radius 1 is 1.19 bits per heavy atom. The summed E-state index contributed by atoms with van der Waals surface area (Å²) in [6, 6.07) is 9.89. The van der Waals surface area contributed by atoms with Crippen molar-refractivity contribution in [3.05, 3.63) is 74.3 Å². The van der Waals surface area contributed by atoms with Crippen LogP contribution < -0.4 is 10.9 Å². The molecule has 27 heavy (non-hydrogen) atoms. The lowest BCUT2D eigenvalue weighted by atomic mass is 10.1. The molecule has 0 aliphatic carbocycles. The van der Waals surface area contributed by atoms with E-state index in [0.29, 0.717) is 21.1 Å². The maximum Gasteiger partial charge on any atom is 0.341 e. The minimum atomic E-state index is -0.856. The van der Waals surface area contributed by atoms with E-state index in [1.54, 1.807) is 12.1 Å². The van der Waals surface area contributed by atoms with Crippen LogP contribution >= 0.6 is 15.9 Å². The summed E-state index contributed by atoms with van der Waals surface area (Å²) in [6.45, 7) is 1.11. The molecule has 0 aliphatic heterocycles. The second-order valence-electron chi connectivity index (χ2n) is 5.68. The third-order valence-corrected chi connectivity index (χ3v) is 4.15. The predicted molar refractivity (Wildman–Crippen MR) is 100 cm³/mol. The van der Waals surface area contributed by atoms with Gasteiger partial charge in [-0.2, -0.15) is 0 Å². The molecule has 3 aromatic rings. The molecule has 1 amide bonds. The van der Waals surface area contributed by atoms with Gasteiger partial charge in [-0.05, 0) is 30.3 Å². The number of rotatable bonds is 4. The average Bonchev–Trinajstić information content (AvgIpc) is 2.60. The van der Waals surface area contributed by atoms with Crippen molar-refractivity contribution in [3.63, 3.8) is 0 Å². The fraction of sp³-hybridized carbons (Fsp3) is 0.105. The van der Waals surface area contributed by atoms with Gasteiger partial charge < -0.3 is 14.5 Å². The van der Waals surface area contributed by atoms with E-state index in [9.17, 15) is 18.8 Å². The van der Waals surface area contributed by atoms with Gasteiger partial charge in [0.15, 0.2) is 0 Å². The number of amides is 1. The maximum atomic E-state index is 13.8. The smallest absolute Gasteiger partial charge is 0.341 e. The number of carbonyl (C=O) groups is 2. The van der Waals surface area contributed by atoms with E-state index >= 15 is 0 Å². The normalized spacial score (nSPS) is 10.6. The lowest BCUT2D eigenvalue weighted by Crippen LogP contribution is -2.10. The van der Waals surface area contributed by atoms with Crippen molar-refractivity contribution in [1.29, 1.82) is 0 Å². The molecule has 0 saturated heterocycles. The van der Waals surface area contributed by atoms with Crippen molar-refractivity contribution in [1.82, 2.24) is 0 Å². The molecule has 138 valence electrons. The Bertz CT molecular complexity index is 1110. The van der Waals surface area contributed by atoms with E-state index in [0.717, 1.165) is 6.07 Å². The Kier molecular flexibility index (Phi) is 5.36. The Morgan fingerprint density at radius 2 is 1.96 bits per heavy atom. The van der Waals surface area contributed by atoms with Crippen LogP contribution in [0.1, 0.15) is 22.8 Å². The molecular formula is C19H13BrFNO5. The summed E-state index contributed by atoms with van der Waals surface area (Å²) in [6.07, 6.45) is 0. The van der Waals surface area contributed by atoms with Crippen molar-refractivity contribution >= 4 is 44.5 Å². The molecule has 1 aromatic heterocycles. The summed E-state index contributed by atoms with van der Waals surface area (Å²) in [4.78, 5) is 35.1. The third kappa shape index (κ3) is 4.40. The number of benzene rings is 2. The number of fused-ring (bicyclic) bond motifs is 1. The van der Waals surface area contributed by atoms with Crippen molar-refractivity contribution in [2.75, 3.05) is 5.32 Å². The van der Waals surface area contributed by atoms with E-state index in [1.165, 1.54) is 31.2 Å². The summed E-state index contributed by atoms with van der Waals surface area (Å²) in [5, 5.41) is 3.12. The molecule has 0 radical (unpaired) electrons. The molecule has 0 unspecified atom stereocenters. The van der Waals surface area contributed by atoms with Gasteiger partial charge in [0.25, 0.3) is 0 Å². The van der Waals surface area contributed by atoms with Crippen molar-refractivity contribution in [2.45, 2.75) is 13.5 Å². The van der Waals surface area contributed by atoms with Crippen LogP contribution in [0, 0.1) is 5.82 Å². The van der Waals surface area contributed by atoms with E-state index in [4.69, 9.17) is 9.15 Å². The van der Waals surface area contributed by atoms with Crippen LogP contribution in [0.25, 0.3) is 11.0 Å². The second kappa shape index (κ2) is 7.71. The highest BCUT2D eigenvalue weighted by atomic mass is 79.9. The van der Waals surface area contributed by atoms with Gasteiger partial charge in [-0.15, -0.1) is 0 Å². The Balaban J connectivity index is 1.88. The van der Waals surface area contributed by atoms with Gasteiger partial charge in [-0.3, -0.25) is 4.79 Å². The number of halogens is 2. The zero-order valence-electron chi connectivity index (χ0n) is 14.0. The minimum absolute atomic E-state index is 0.218. The predicted octanol–water partition coefficient (Wildman–Crippen LogP) is 4.01. The highest BCUT2D eigenvalue weighted by molar-refractivity contribution is 9.10. The Morgan fingerprint density at radius 3 is 2.70 bits per heavy atom. The van der Waals surface area contributed by atoms with Gasteiger partial charge >= 0.3 is 11.6 Å². The number of hydrogen-bond donors (Lipinski definition) is 1. The standard InChI is InChI=1S/C19H13BrFNO5/c1-10(23)22-13-3-4-14-11(6-18(24)27-17(14)8-13)9-26-19(25)15-7-12(20)2-5-16(15)21/h2-8H,9H2,1H3,(H,22,23). The molecule has 0 atom stereocenters. The summed E-state index contributed by atoms with van der Waals surface area (Å²) >= 11 is 3.17. The Hall–Kier alpha value is -3.00. The van der Waals surface area contributed by atoms with Gasteiger partial charge in [0, 0.05) is 40.2 Å². The number of nitrogens with one attached hydrogen (secondary N) is 1. The van der Waals surface area contributed by atoms with Gasteiger partial charge in [0.1, 0.15) is 18.0 Å². The van der Waals surface area contributed by atoms with E-state index in [1.807, 2.05) is 0 Å². The van der Waals surface area contributed by atoms with Crippen molar-refractivity contribution in [2.24, 2.45) is 0 Å². The van der Waals surface area contributed by atoms with E-state index in [-0.39, 0.29) is 23.7 Å². The number of ether oxygens (including phenoxy) is 1.